The normalized spacial score (nSPS) is 14.3. The lowest BCUT2D eigenvalue weighted by Gasteiger charge is -2.20. The molecule has 11 heteroatoms. The number of allylic oxidation sites excluding steroid dienone is 2. The molecule has 0 saturated carbocycles. The molecule has 45 heavy (non-hydrogen) atoms. The van der Waals surface area contributed by atoms with Crippen molar-refractivity contribution in [1.82, 2.24) is 0 Å². The molecule has 0 aliphatic carbocycles. The number of aliphatic hydroxyl groups excluding tert-OH is 2. The largest absolute Gasteiger partial charge is 0.472 e. The van der Waals surface area contributed by atoms with E-state index in [9.17, 15) is 29.3 Å². The second-order valence-electron chi connectivity index (χ2n) is 11.9. The number of ether oxygens (including phenoxy) is 2. The first kappa shape index (κ1) is 43.7. The maximum atomic E-state index is 12.2. The Balaban J connectivity index is 3.93. The molecule has 0 aliphatic rings. The minimum absolute atomic E-state index is 0.189. The highest BCUT2D eigenvalue weighted by atomic mass is 31.2. The number of esters is 2. The fourth-order valence-electron chi connectivity index (χ4n) is 4.70. The second kappa shape index (κ2) is 31.3. The number of rotatable bonds is 33. The van der Waals surface area contributed by atoms with E-state index in [1.54, 1.807) is 0 Å². The van der Waals surface area contributed by atoms with Crippen LogP contribution in [0.15, 0.2) is 12.2 Å². The first-order valence-electron chi connectivity index (χ1n) is 17.6. The third-order valence-electron chi connectivity index (χ3n) is 7.48. The first-order valence-corrected chi connectivity index (χ1v) is 19.1. The topological polar surface area (TPSA) is 149 Å². The predicted molar refractivity (Wildman–Crippen MR) is 178 cm³/mol. The molecule has 0 saturated heterocycles. The zero-order chi connectivity index (χ0) is 33.4. The van der Waals surface area contributed by atoms with Gasteiger partial charge in [0.15, 0.2) is 0 Å². The fraction of sp³-hybridized carbons (Fsp3) is 0.882. The first-order chi connectivity index (χ1) is 21.8. The molecule has 0 bridgehead atoms. The Morgan fingerprint density at radius 3 is 1.27 bits per heavy atom. The molecule has 3 N–H and O–H groups in total. The van der Waals surface area contributed by atoms with E-state index < -0.39 is 58.4 Å². The molecular formula is C34H65O10P. The summed E-state index contributed by atoms with van der Waals surface area (Å²) in [6, 6.07) is 0. The quantitative estimate of drug-likeness (QED) is 0.0272. The van der Waals surface area contributed by atoms with Gasteiger partial charge in [0, 0.05) is 12.8 Å². The van der Waals surface area contributed by atoms with Gasteiger partial charge in [-0.25, -0.2) is 4.57 Å². The van der Waals surface area contributed by atoms with E-state index in [0.717, 1.165) is 51.4 Å². The van der Waals surface area contributed by atoms with Gasteiger partial charge < -0.3 is 24.6 Å². The Morgan fingerprint density at radius 1 is 0.578 bits per heavy atom. The van der Waals surface area contributed by atoms with Crippen LogP contribution in [-0.4, -0.2) is 65.7 Å². The van der Waals surface area contributed by atoms with E-state index in [1.165, 1.54) is 64.2 Å². The molecule has 3 atom stereocenters. The Morgan fingerprint density at radius 2 is 0.911 bits per heavy atom. The monoisotopic (exact) mass is 664 g/mol. The van der Waals surface area contributed by atoms with Crippen molar-refractivity contribution in [3.8, 4) is 0 Å². The third kappa shape index (κ3) is 29.8. The third-order valence-corrected chi connectivity index (χ3v) is 8.43. The Kier molecular flexibility index (Phi) is 30.4. The van der Waals surface area contributed by atoms with Gasteiger partial charge in [-0.15, -0.1) is 0 Å². The standard InChI is InChI=1S/C34H65O10P/c1-3-5-7-9-10-11-12-13-14-15-16-17-18-19-20-22-24-26-34(38)44-32(28-36)30-42-45(39,40)41-29-31(27-35)43-33(37)25-23-21-8-6-4-2/h13-14,31-32,35-36H,3-12,15-30H2,1-2H3,(H,39,40)/b14-13-. The highest BCUT2D eigenvalue weighted by Gasteiger charge is 2.27. The van der Waals surface area contributed by atoms with E-state index in [0.29, 0.717) is 12.8 Å². The molecular weight excluding hydrogens is 599 g/mol. The Labute approximate surface area is 273 Å². The zero-order valence-corrected chi connectivity index (χ0v) is 29.2. The van der Waals surface area contributed by atoms with E-state index in [1.807, 2.05) is 0 Å². The number of hydrogen-bond acceptors (Lipinski definition) is 9. The van der Waals surface area contributed by atoms with Gasteiger partial charge >= 0.3 is 19.8 Å². The predicted octanol–water partition coefficient (Wildman–Crippen LogP) is 8.11. The second-order valence-corrected chi connectivity index (χ2v) is 13.3. The Bertz CT molecular complexity index is 776. The molecule has 0 aromatic rings. The minimum atomic E-state index is -4.61. The van der Waals surface area contributed by atoms with Gasteiger partial charge in [-0.2, -0.15) is 0 Å². The van der Waals surface area contributed by atoms with Gasteiger partial charge in [0.05, 0.1) is 26.4 Å². The van der Waals surface area contributed by atoms with Gasteiger partial charge in [0.2, 0.25) is 0 Å². The van der Waals surface area contributed by atoms with Crippen molar-refractivity contribution in [2.45, 2.75) is 167 Å². The summed E-state index contributed by atoms with van der Waals surface area (Å²) in [5.41, 5.74) is 0. The van der Waals surface area contributed by atoms with E-state index in [-0.39, 0.29) is 12.8 Å². The highest BCUT2D eigenvalue weighted by molar-refractivity contribution is 7.47. The number of hydrogen-bond donors (Lipinski definition) is 3. The van der Waals surface area contributed by atoms with E-state index in [4.69, 9.17) is 18.5 Å². The van der Waals surface area contributed by atoms with Crippen LogP contribution in [0.2, 0.25) is 0 Å². The lowest BCUT2D eigenvalue weighted by Crippen LogP contribution is -2.28. The molecule has 0 heterocycles. The van der Waals surface area contributed by atoms with E-state index in [2.05, 4.69) is 26.0 Å². The van der Waals surface area contributed by atoms with E-state index >= 15 is 0 Å². The highest BCUT2D eigenvalue weighted by Crippen LogP contribution is 2.43. The summed E-state index contributed by atoms with van der Waals surface area (Å²) >= 11 is 0. The fourth-order valence-corrected chi connectivity index (χ4v) is 5.48. The van der Waals surface area contributed by atoms with Gasteiger partial charge in [-0.1, -0.05) is 116 Å². The lowest BCUT2D eigenvalue weighted by molar-refractivity contribution is -0.153. The van der Waals surface area contributed by atoms with Crippen LogP contribution < -0.4 is 0 Å². The molecule has 0 aromatic heterocycles. The molecule has 0 spiro atoms. The van der Waals surface area contributed by atoms with Crippen molar-refractivity contribution < 1.29 is 47.8 Å². The summed E-state index contributed by atoms with van der Waals surface area (Å²) in [5.74, 6) is -1.03. The van der Waals surface area contributed by atoms with Crippen molar-refractivity contribution in [1.29, 1.82) is 0 Å². The van der Waals surface area contributed by atoms with Gasteiger partial charge in [-0.3, -0.25) is 18.6 Å². The average molecular weight is 665 g/mol. The summed E-state index contributed by atoms with van der Waals surface area (Å²) in [4.78, 5) is 34.0. The van der Waals surface area contributed by atoms with Crippen molar-refractivity contribution in [3.63, 3.8) is 0 Å². The molecule has 266 valence electrons. The van der Waals surface area contributed by atoms with Crippen LogP contribution in [0.5, 0.6) is 0 Å². The lowest BCUT2D eigenvalue weighted by atomic mass is 10.1. The van der Waals surface area contributed by atoms with Crippen LogP contribution >= 0.6 is 7.82 Å². The minimum Gasteiger partial charge on any atom is -0.457 e. The molecule has 0 aliphatic heterocycles. The van der Waals surface area contributed by atoms with Crippen LogP contribution in [0, 0.1) is 0 Å². The van der Waals surface area contributed by atoms with Gasteiger partial charge in [0.1, 0.15) is 12.2 Å². The van der Waals surface area contributed by atoms with Crippen molar-refractivity contribution in [3.05, 3.63) is 12.2 Å². The zero-order valence-electron chi connectivity index (χ0n) is 28.3. The molecule has 0 aromatic carbocycles. The number of unbranched alkanes of at least 4 members (excludes halogenated alkanes) is 17. The molecule has 3 unspecified atom stereocenters. The van der Waals surface area contributed by atoms with Gasteiger partial charge in [-0.05, 0) is 38.5 Å². The Hall–Kier alpha value is -1.29. The van der Waals surface area contributed by atoms with Crippen molar-refractivity contribution >= 4 is 19.8 Å². The average Bonchev–Trinajstić information content (AvgIpc) is 3.02. The summed E-state index contributed by atoms with van der Waals surface area (Å²) in [7, 11) is -4.61. The molecule has 0 radical (unpaired) electrons. The molecule has 10 nitrogen and oxygen atoms in total. The summed E-state index contributed by atoms with van der Waals surface area (Å²) < 4.78 is 32.2. The SMILES string of the molecule is CCCCCCCC/C=C\CCCCCCCCCC(=O)OC(CO)COP(=O)(O)OCC(CO)OC(=O)CCCCCCC. The van der Waals surface area contributed by atoms with Crippen LogP contribution in [-0.2, 0) is 32.7 Å². The number of phosphoric acid groups is 1. The maximum Gasteiger partial charge on any atom is 0.472 e. The molecule has 0 amide bonds. The van der Waals surface area contributed by atoms with Crippen LogP contribution in [0.1, 0.15) is 155 Å². The molecule has 0 fully saturated rings. The van der Waals surface area contributed by atoms with Crippen molar-refractivity contribution in [2.75, 3.05) is 26.4 Å². The maximum absolute atomic E-state index is 12.2. The number of carbonyl (C=O) groups is 2. The number of phosphoric ester groups is 1. The summed E-state index contributed by atoms with van der Waals surface area (Å²) in [6.45, 7) is 2.07. The summed E-state index contributed by atoms with van der Waals surface area (Å²) in [6.07, 6.45) is 25.3. The van der Waals surface area contributed by atoms with Crippen LogP contribution in [0.25, 0.3) is 0 Å². The smallest absolute Gasteiger partial charge is 0.457 e. The number of aliphatic hydroxyl groups is 2. The van der Waals surface area contributed by atoms with Crippen molar-refractivity contribution in [2.24, 2.45) is 0 Å². The molecule has 0 rings (SSSR count). The number of carbonyl (C=O) groups excluding carboxylic acids is 2. The summed E-state index contributed by atoms with van der Waals surface area (Å²) in [5, 5.41) is 18.9. The van der Waals surface area contributed by atoms with Gasteiger partial charge in [0.25, 0.3) is 0 Å². The van der Waals surface area contributed by atoms with Crippen LogP contribution in [0.4, 0.5) is 0 Å². The van der Waals surface area contributed by atoms with Crippen LogP contribution in [0.3, 0.4) is 0 Å².